The van der Waals surface area contributed by atoms with Gasteiger partial charge in [-0.3, -0.25) is 0 Å². The van der Waals surface area contributed by atoms with E-state index in [4.69, 9.17) is 0 Å². The topological polar surface area (TPSA) is 38.8 Å². The summed E-state index contributed by atoms with van der Waals surface area (Å²) in [7, 11) is 0.886. The first kappa shape index (κ1) is 8.32. The lowest BCUT2D eigenvalue weighted by Crippen LogP contribution is -2.41. The highest BCUT2D eigenvalue weighted by molar-refractivity contribution is 5.83. The van der Waals surface area contributed by atoms with Gasteiger partial charge in [-0.05, 0) is 0 Å². The second kappa shape index (κ2) is 2.10. The second-order valence-electron chi connectivity index (χ2n) is 2.11. The van der Waals surface area contributed by atoms with Crippen molar-refractivity contribution in [1.29, 1.82) is 0 Å². The van der Waals surface area contributed by atoms with E-state index in [1.165, 1.54) is 0 Å². The molecule has 0 saturated carbocycles. The fraction of sp³-hybridized carbons (Fsp3) is 0.800. The molecule has 1 aliphatic rings. The molecule has 1 heterocycles. The molecule has 0 bridgehead atoms. The van der Waals surface area contributed by atoms with Gasteiger partial charge in [-0.15, -0.1) is 0 Å². The molecule has 0 aliphatic carbocycles. The minimum atomic E-state index is -4.67. The third-order valence-corrected chi connectivity index (χ3v) is 1.41. The molecule has 0 amide bonds. The zero-order valence-corrected chi connectivity index (χ0v) is 5.57. The Labute approximate surface area is 60.1 Å². The molecule has 1 fully saturated rings. The highest BCUT2D eigenvalue weighted by Gasteiger charge is 2.72. The predicted octanol–water partition coefficient (Wildman–Crippen LogP) is 0.491. The maximum atomic E-state index is 11.9. The van der Waals surface area contributed by atoms with Crippen LogP contribution < -0.4 is 0 Å². The summed E-state index contributed by atoms with van der Waals surface area (Å²) < 4.78 is 43.7. The number of esters is 1. The molecule has 0 spiro atoms. The standard InChI is InChI=1S/C5H5F3O3/c1-10-3(9)4(2-11-4)5(6,7)8/h2H2,1H3. The van der Waals surface area contributed by atoms with Gasteiger partial charge >= 0.3 is 12.1 Å². The fourth-order valence-corrected chi connectivity index (χ4v) is 0.634. The zero-order chi connectivity index (χ0) is 8.70. The van der Waals surface area contributed by atoms with Gasteiger partial charge in [-0.25, -0.2) is 4.79 Å². The Bertz CT molecular complexity index is 182. The Morgan fingerprint density at radius 2 is 2.09 bits per heavy atom. The van der Waals surface area contributed by atoms with Gasteiger partial charge < -0.3 is 9.47 Å². The van der Waals surface area contributed by atoms with E-state index in [0.29, 0.717) is 0 Å². The molecule has 64 valence electrons. The van der Waals surface area contributed by atoms with Gasteiger partial charge in [-0.1, -0.05) is 0 Å². The van der Waals surface area contributed by atoms with Crippen LogP contribution in [0.5, 0.6) is 0 Å². The highest BCUT2D eigenvalue weighted by Crippen LogP contribution is 2.44. The molecular weight excluding hydrogens is 165 g/mol. The number of hydrogen-bond acceptors (Lipinski definition) is 3. The van der Waals surface area contributed by atoms with Crippen LogP contribution in [0.2, 0.25) is 0 Å². The van der Waals surface area contributed by atoms with Crippen molar-refractivity contribution in [1.82, 2.24) is 0 Å². The minimum Gasteiger partial charge on any atom is -0.467 e. The lowest BCUT2D eigenvalue weighted by atomic mass is 10.1. The van der Waals surface area contributed by atoms with Gasteiger partial charge in [-0.2, -0.15) is 13.2 Å². The van der Waals surface area contributed by atoms with Crippen molar-refractivity contribution in [2.45, 2.75) is 11.8 Å². The highest BCUT2D eigenvalue weighted by atomic mass is 19.4. The molecular formula is C5H5F3O3. The van der Waals surface area contributed by atoms with Gasteiger partial charge in [0.05, 0.1) is 13.7 Å². The summed E-state index contributed by atoms with van der Waals surface area (Å²) >= 11 is 0. The maximum Gasteiger partial charge on any atom is 0.430 e. The van der Waals surface area contributed by atoms with Gasteiger partial charge in [0.15, 0.2) is 0 Å². The summed E-state index contributed by atoms with van der Waals surface area (Å²) in [5.74, 6) is -1.38. The third kappa shape index (κ3) is 1.07. The summed E-state index contributed by atoms with van der Waals surface area (Å²) in [5, 5.41) is 0. The van der Waals surface area contributed by atoms with E-state index in [1.807, 2.05) is 0 Å². The van der Waals surface area contributed by atoms with Crippen molar-refractivity contribution in [2.24, 2.45) is 0 Å². The van der Waals surface area contributed by atoms with Crippen molar-refractivity contribution < 1.29 is 27.4 Å². The number of carbonyl (C=O) groups excluding carboxylic acids is 1. The van der Waals surface area contributed by atoms with Crippen LogP contribution in [0.1, 0.15) is 0 Å². The molecule has 6 heteroatoms. The Kier molecular flexibility index (Phi) is 1.59. The summed E-state index contributed by atoms with van der Waals surface area (Å²) in [6, 6.07) is 0. The van der Waals surface area contributed by atoms with Gasteiger partial charge in [0.25, 0.3) is 5.60 Å². The number of rotatable bonds is 1. The Morgan fingerprint density at radius 3 is 2.18 bits per heavy atom. The Balaban J connectivity index is 2.76. The average molecular weight is 170 g/mol. The molecule has 1 saturated heterocycles. The van der Waals surface area contributed by atoms with Crippen LogP contribution >= 0.6 is 0 Å². The summed E-state index contributed by atoms with van der Waals surface area (Å²) in [6.45, 7) is -0.636. The zero-order valence-electron chi connectivity index (χ0n) is 5.57. The predicted molar refractivity (Wildman–Crippen MR) is 26.8 cm³/mol. The molecule has 11 heavy (non-hydrogen) atoms. The summed E-state index contributed by atoms with van der Waals surface area (Å²) in [4.78, 5) is 10.5. The van der Waals surface area contributed by atoms with Crippen molar-refractivity contribution in [2.75, 3.05) is 13.7 Å². The number of alkyl halides is 3. The number of methoxy groups -OCH3 is 1. The monoisotopic (exact) mass is 170 g/mol. The molecule has 1 aliphatic heterocycles. The van der Waals surface area contributed by atoms with E-state index in [1.54, 1.807) is 0 Å². The number of ether oxygens (including phenoxy) is 2. The van der Waals surface area contributed by atoms with Crippen LogP contribution in [0.25, 0.3) is 0 Å². The Morgan fingerprint density at radius 1 is 1.64 bits per heavy atom. The molecule has 3 nitrogen and oxygen atoms in total. The van der Waals surface area contributed by atoms with E-state index >= 15 is 0 Å². The quantitative estimate of drug-likeness (QED) is 0.424. The summed E-state index contributed by atoms with van der Waals surface area (Å²) in [5.41, 5.74) is -2.66. The van der Waals surface area contributed by atoms with Gasteiger partial charge in [0.2, 0.25) is 0 Å². The molecule has 1 unspecified atom stereocenters. The number of carbonyl (C=O) groups is 1. The van der Waals surface area contributed by atoms with Crippen molar-refractivity contribution in [3.05, 3.63) is 0 Å². The van der Waals surface area contributed by atoms with Crippen LogP contribution in [0, 0.1) is 0 Å². The third-order valence-electron chi connectivity index (χ3n) is 1.41. The fourth-order valence-electron chi connectivity index (χ4n) is 0.634. The SMILES string of the molecule is COC(=O)C1(C(F)(F)F)CO1. The van der Waals surface area contributed by atoms with Crippen LogP contribution in [-0.4, -0.2) is 31.5 Å². The molecule has 0 aromatic heterocycles. The number of halogens is 3. The normalized spacial score (nSPS) is 29.8. The van der Waals surface area contributed by atoms with Crippen LogP contribution in [0.3, 0.4) is 0 Å². The first-order chi connectivity index (χ1) is 4.94. The molecule has 0 aromatic rings. The van der Waals surface area contributed by atoms with Gasteiger partial charge in [0, 0.05) is 0 Å². The van der Waals surface area contributed by atoms with E-state index < -0.39 is 24.4 Å². The lowest BCUT2D eigenvalue weighted by molar-refractivity contribution is -0.202. The smallest absolute Gasteiger partial charge is 0.430 e. The Hall–Kier alpha value is -0.780. The molecule has 0 radical (unpaired) electrons. The van der Waals surface area contributed by atoms with Crippen LogP contribution in [0.15, 0.2) is 0 Å². The average Bonchev–Trinajstić information content (AvgIpc) is 2.63. The van der Waals surface area contributed by atoms with Crippen LogP contribution in [-0.2, 0) is 14.3 Å². The largest absolute Gasteiger partial charge is 0.467 e. The van der Waals surface area contributed by atoms with E-state index in [2.05, 4.69) is 9.47 Å². The first-order valence-electron chi connectivity index (χ1n) is 2.73. The minimum absolute atomic E-state index is 0.636. The number of epoxide rings is 1. The lowest BCUT2D eigenvalue weighted by Gasteiger charge is -2.12. The van der Waals surface area contributed by atoms with Crippen molar-refractivity contribution in [3.63, 3.8) is 0 Å². The second-order valence-corrected chi connectivity index (χ2v) is 2.11. The van der Waals surface area contributed by atoms with Crippen molar-refractivity contribution in [3.8, 4) is 0 Å². The molecule has 1 atom stereocenters. The van der Waals surface area contributed by atoms with E-state index in [0.717, 1.165) is 7.11 Å². The maximum absolute atomic E-state index is 11.9. The number of hydrogen-bond donors (Lipinski definition) is 0. The summed E-state index contributed by atoms with van der Waals surface area (Å²) in [6.07, 6.45) is -4.67. The van der Waals surface area contributed by atoms with E-state index in [-0.39, 0.29) is 0 Å². The van der Waals surface area contributed by atoms with Gasteiger partial charge in [0.1, 0.15) is 0 Å². The van der Waals surface area contributed by atoms with Crippen LogP contribution in [0.4, 0.5) is 13.2 Å². The van der Waals surface area contributed by atoms with E-state index in [9.17, 15) is 18.0 Å². The van der Waals surface area contributed by atoms with Crippen molar-refractivity contribution >= 4 is 5.97 Å². The molecule has 0 N–H and O–H groups in total. The first-order valence-corrected chi connectivity index (χ1v) is 2.73. The molecule has 1 rings (SSSR count). The molecule has 0 aromatic carbocycles.